The number of rotatable bonds is 5. The van der Waals surface area contributed by atoms with Crippen molar-refractivity contribution in [3.8, 4) is 5.75 Å². The van der Waals surface area contributed by atoms with Gasteiger partial charge in [0.05, 0.1) is 6.61 Å². The molecule has 0 saturated heterocycles. The lowest BCUT2D eigenvalue weighted by Gasteiger charge is -2.07. The number of aliphatic hydroxyl groups is 1. The number of hydrogen-bond acceptors (Lipinski definition) is 4. The number of carbonyl (C=O) groups excluding carboxylic acids is 2. The normalized spacial score (nSPS) is 11.0. The number of amides is 2. The molecular weight excluding hydrogens is 308 g/mol. The van der Waals surface area contributed by atoms with Crippen LogP contribution in [0.4, 0.5) is 4.79 Å². The zero-order valence-electron chi connectivity index (χ0n) is 12.8. The van der Waals surface area contributed by atoms with Gasteiger partial charge in [-0.2, -0.15) is 0 Å². The number of hydrogen-bond donors (Lipinski definition) is 2. The highest BCUT2D eigenvalue weighted by atomic mass is 16.5. The molecule has 0 aliphatic carbocycles. The van der Waals surface area contributed by atoms with Gasteiger partial charge in [0.2, 0.25) is 0 Å². The van der Waals surface area contributed by atoms with Gasteiger partial charge in [0.15, 0.2) is 0 Å². The second-order valence-corrected chi connectivity index (χ2v) is 4.79. The molecule has 0 aromatic heterocycles. The van der Waals surface area contributed by atoms with E-state index in [0.29, 0.717) is 11.1 Å². The van der Waals surface area contributed by atoms with E-state index in [9.17, 15) is 14.7 Å². The Hall–Kier alpha value is -3.25. The number of nitrogens with zero attached hydrogens (tertiary/aromatic N) is 1. The van der Waals surface area contributed by atoms with Crippen LogP contribution in [-0.4, -0.2) is 23.3 Å². The van der Waals surface area contributed by atoms with Gasteiger partial charge in [0.25, 0.3) is 0 Å². The van der Waals surface area contributed by atoms with Crippen molar-refractivity contribution >= 4 is 24.3 Å². The maximum absolute atomic E-state index is 11.9. The Labute approximate surface area is 138 Å². The molecule has 6 nitrogen and oxygen atoms in total. The maximum atomic E-state index is 11.9. The predicted octanol–water partition coefficient (Wildman–Crippen LogP) is 2.30. The molecule has 24 heavy (non-hydrogen) atoms. The lowest BCUT2D eigenvalue weighted by molar-refractivity contribution is -0.129. The molecule has 2 aromatic rings. The summed E-state index contributed by atoms with van der Waals surface area (Å²) in [4.78, 5) is 25.9. The van der Waals surface area contributed by atoms with Gasteiger partial charge in [0, 0.05) is 17.9 Å². The van der Waals surface area contributed by atoms with E-state index in [0.717, 1.165) is 5.56 Å². The summed E-state index contributed by atoms with van der Waals surface area (Å²) in [6.45, 7) is -0.330. The van der Waals surface area contributed by atoms with Crippen LogP contribution in [0.1, 0.15) is 16.7 Å². The predicted molar refractivity (Wildman–Crippen MR) is 90.7 cm³/mol. The summed E-state index contributed by atoms with van der Waals surface area (Å²) in [5, 5.41) is 9.40. The molecule has 0 radical (unpaired) electrons. The van der Waals surface area contributed by atoms with Crippen molar-refractivity contribution in [2.45, 2.75) is 6.61 Å². The minimum absolute atomic E-state index is 0.233. The number of carbonyl (C=O) groups is 2. The van der Waals surface area contributed by atoms with E-state index in [-0.39, 0.29) is 12.4 Å². The van der Waals surface area contributed by atoms with Crippen LogP contribution in [-0.2, 0) is 11.4 Å². The highest BCUT2D eigenvalue weighted by Gasteiger charge is 2.07. The van der Waals surface area contributed by atoms with Crippen molar-refractivity contribution in [3.63, 3.8) is 0 Å². The number of urea groups is 1. The summed E-state index contributed by atoms with van der Waals surface area (Å²) in [5.41, 5.74) is 6.74. The van der Waals surface area contributed by atoms with E-state index in [1.807, 2.05) is 30.3 Å². The number of aliphatic hydroxyl groups excluding tert-OH is 1. The van der Waals surface area contributed by atoms with E-state index in [1.54, 1.807) is 18.2 Å². The Morgan fingerprint density at radius 3 is 2.54 bits per heavy atom. The van der Waals surface area contributed by atoms with Gasteiger partial charge in [-0.25, -0.2) is 14.6 Å². The molecule has 0 saturated carbocycles. The SMILES string of the molecule is NC(=O)N=Cc1ccc(OC(=O)/C=C/c2ccccc2)c(CO)c1. The molecule has 122 valence electrons. The topological polar surface area (TPSA) is 102 Å². The summed E-state index contributed by atoms with van der Waals surface area (Å²) in [6.07, 6.45) is 4.20. The number of esters is 1. The van der Waals surface area contributed by atoms with Gasteiger partial charge in [-0.3, -0.25) is 0 Å². The molecule has 0 fully saturated rings. The first-order chi connectivity index (χ1) is 11.6. The van der Waals surface area contributed by atoms with Crippen LogP contribution in [0.25, 0.3) is 6.08 Å². The Morgan fingerprint density at radius 2 is 1.88 bits per heavy atom. The van der Waals surface area contributed by atoms with Crippen LogP contribution in [0, 0.1) is 0 Å². The smallest absolute Gasteiger partial charge is 0.338 e. The number of aliphatic imine (C=N–C) groups is 1. The summed E-state index contributed by atoms with van der Waals surface area (Å²) in [6, 6.07) is 13.2. The van der Waals surface area contributed by atoms with Crippen molar-refractivity contribution in [1.82, 2.24) is 0 Å². The number of benzene rings is 2. The Kier molecular flexibility index (Phi) is 5.99. The second kappa shape index (κ2) is 8.40. The van der Waals surface area contributed by atoms with Crippen molar-refractivity contribution in [2.24, 2.45) is 10.7 Å². The van der Waals surface area contributed by atoms with Crippen molar-refractivity contribution < 1.29 is 19.4 Å². The van der Waals surface area contributed by atoms with Crippen LogP contribution in [0.2, 0.25) is 0 Å². The zero-order chi connectivity index (χ0) is 17.4. The molecule has 0 atom stereocenters. The monoisotopic (exact) mass is 324 g/mol. The third-order valence-electron chi connectivity index (χ3n) is 3.02. The van der Waals surface area contributed by atoms with Crippen LogP contribution < -0.4 is 10.5 Å². The number of primary amides is 1. The highest BCUT2D eigenvalue weighted by Crippen LogP contribution is 2.20. The van der Waals surface area contributed by atoms with Crippen molar-refractivity contribution in [3.05, 3.63) is 71.3 Å². The molecular formula is C18H16N2O4. The van der Waals surface area contributed by atoms with E-state index in [1.165, 1.54) is 18.4 Å². The molecule has 0 unspecified atom stereocenters. The molecule has 2 aromatic carbocycles. The van der Waals surface area contributed by atoms with Gasteiger partial charge < -0.3 is 15.6 Å². The average molecular weight is 324 g/mol. The Balaban J connectivity index is 2.09. The van der Waals surface area contributed by atoms with Crippen LogP contribution in [0.15, 0.2) is 59.6 Å². The largest absolute Gasteiger partial charge is 0.423 e. The van der Waals surface area contributed by atoms with E-state index < -0.39 is 12.0 Å². The van der Waals surface area contributed by atoms with Gasteiger partial charge in [-0.1, -0.05) is 30.3 Å². The van der Waals surface area contributed by atoms with Gasteiger partial charge >= 0.3 is 12.0 Å². The molecule has 6 heteroatoms. The van der Waals surface area contributed by atoms with Gasteiger partial charge in [0.1, 0.15) is 5.75 Å². The van der Waals surface area contributed by atoms with E-state index in [4.69, 9.17) is 10.5 Å². The Bertz CT molecular complexity index is 783. The third kappa shape index (κ3) is 5.19. The molecule has 2 rings (SSSR count). The fourth-order valence-corrected chi connectivity index (χ4v) is 1.91. The third-order valence-corrected chi connectivity index (χ3v) is 3.02. The lowest BCUT2D eigenvalue weighted by atomic mass is 10.1. The van der Waals surface area contributed by atoms with Crippen molar-refractivity contribution in [1.29, 1.82) is 0 Å². The quantitative estimate of drug-likeness (QED) is 0.381. The molecule has 0 aliphatic rings. The highest BCUT2D eigenvalue weighted by molar-refractivity contribution is 5.91. The Morgan fingerprint density at radius 1 is 1.12 bits per heavy atom. The zero-order valence-corrected chi connectivity index (χ0v) is 12.8. The maximum Gasteiger partial charge on any atom is 0.338 e. The average Bonchev–Trinajstić information content (AvgIpc) is 2.60. The number of ether oxygens (including phenoxy) is 1. The first-order valence-corrected chi connectivity index (χ1v) is 7.10. The molecule has 0 bridgehead atoms. The summed E-state index contributed by atoms with van der Waals surface area (Å²) in [7, 11) is 0. The molecule has 0 spiro atoms. The number of nitrogens with two attached hydrogens (primary N) is 1. The van der Waals surface area contributed by atoms with Crippen molar-refractivity contribution in [2.75, 3.05) is 0 Å². The molecule has 0 aliphatic heterocycles. The summed E-state index contributed by atoms with van der Waals surface area (Å²) >= 11 is 0. The van der Waals surface area contributed by atoms with Gasteiger partial charge in [-0.05, 0) is 35.4 Å². The van der Waals surface area contributed by atoms with Crippen LogP contribution in [0.5, 0.6) is 5.75 Å². The molecule has 3 N–H and O–H groups in total. The fraction of sp³-hybridized carbons (Fsp3) is 0.0556. The minimum Gasteiger partial charge on any atom is -0.423 e. The van der Waals surface area contributed by atoms with Crippen LogP contribution in [0.3, 0.4) is 0 Å². The molecule has 2 amide bonds. The van der Waals surface area contributed by atoms with Gasteiger partial charge in [-0.15, -0.1) is 0 Å². The first kappa shape index (κ1) is 17.1. The minimum atomic E-state index is -0.817. The van der Waals surface area contributed by atoms with Crippen LogP contribution >= 0.6 is 0 Å². The first-order valence-electron chi connectivity index (χ1n) is 7.10. The lowest BCUT2D eigenvalue weighted by Crippen LogP contribution is -2.07. The van der Waals surface area contributed by atoms with E-state index >= 15 is 0 Å². The second-order valence-electron chi connectivity index (χ2n) is 4.79. The fourth-order valence-electron chi connectivity index (χ4n) is 1.91. The van der Waals surface area contributed by atoms with E-state index in [2.05, 4.69) is 4.99 Å². The molecule has 0 heterocycles. The summed E-state index contributed by atoms with van der Waals surface area (Å²) < 4.78 is 5.22. The summed E-state index contributed by atoms with van der Waals surface area (Å²) in [5.74, 6) is -0.330. The standard InChI is InChI=1S/C18H16N2O4/c19-18(23)20-11-14-6-8-16(15(10-14)12-21)24-17(22)9-7-13-4-2-1-3-5-13/h1-11,21H,12H2,(H2,19,23)/b9-7+,20-11?.